The average Bonchev–Trinajstić information content (AvgIpc) is 3.79. The van der Waals surface area contributed by atoms with E-state index in [2.05, 4.69) is 212 Å². The van der Waals surface area contributed by atoms with Crippen LogP contribution >= 0.6 is 0 Å². The molecule has 13 rings (SSSR count). The summed E-state index contributed by atoms with van der Waals surface area (Å²) in [5.41, 5.74) is 16.6. The van der Waals surface area contributed by atoms with Crippen LogP contribution in [-0.4, -0.2) is 17.9 Å². The second-order valence-corrected chi connectivity index (χ2v) is 15.0. The van der Waals surface area contributed by atoms with Gasteiger partial charge in [-0.05, 0) is 77.2 Å². The molecule has 0 aliphatic heterocycles. The predicted octanol–water partition coefficient (Wildman–Crippen LogP) is 13.5. The fourth-order valence-electron chi connectivity index (χ4n) is 9.78. The van der Waals surface area contributed by atoms with Gasteiger partial charge in [-0.3, -0.25) is 0 Å². The van der Waals surface area contributed by atoms with Crippen molar-refractivity contribution in [3.05, 3.63) is 194 Å². The highest BCUT2D eigenvalue weighted by Crippen LogP contribution is 2.44. The summed E-state index contributed by atoms with van der Waals surface area (Å²) in [6, 6.07) is 71.2. The maximum absolute atomic E-state index is 2.54. The van der Waals surface area contributed by atoms with E-state index in [1.165, 1.54) is 76.5 Å². The van der Waals surface area contributed by atoms with Gasteiger partial charge in [0.15, 0.2) is 0 Å². The van der Waals surface area contributed by atoms with E-state index >= 15 is 0 Å². The van der Waals surface area contributed by atoms with Gasteiger partial charge in [0.2, 0.25) is 0 Å². The number of aromatic nitrogens is 4. The third kappa shape index (κ3) is 3.87. The molecular formula is C52H32N4. The highest BCUT2D eigenvalue weighted by molar-refractivity contribution is 6.26. The molecule has 13 aromatic rings. The molecular weight excluding hydrogens is 681 g/mol. The molecule has 0 N–H and O–H groups in total. The van der Waals surface area contributed by atoms with E-state index in [-0.39, 0.29) is 0 Å². The Balaban J connectivity index is 1.26. The van der Waals surface area contributed by atoms with E-state index in [0.717, 1.165) is 33.4 Å². The quantitative estimate of drug-likeness (QED) is 0.162. The Labute approximate surface area is 320 Å². The topological polar surface area (TPSA) is 18.7 Å². The van der Waals surface area contributed by atoms with Gasteiger partial charge in [0, 0.05) is 38.3 Å². The Kier molecular flexibility index (Phi) is 5.86. The molecule has 0 saturated heterocycles. The Morgan fingerprint density at radius 3 is 1.59 bits per heavy atom. The van der Waals surface area contributed by atoms with Crippen LogP contribution in [0.15, 0.2) is 194 Å². The Hall–Kier alpha value is -7.56. The summed E-state index contributed by atoms with van der Waals surface area (Å²) in [7, 11) is 0. The first-order valence-electron chi connectivity index (χ1n) is 19.3. The van der Waals surface area contributed by atoms with Crippen LogP contribution in [0.1, 0.15) is 0 Å². The molecule has 0 spiro atoms. The second kappa shape index (κ2) is 11.0. The van der Waals surface area contributed by atoms with Gasteiger partial charge in [-0.25, -0.2) is 0 Å². The Morgan fingerprint density at radius 1 is 0.250 bits per heavy atom. The third-order valence-electron chi connectivity index (χ3n) is 12.1. The third-order valence-corrected chi connectivity index (χ3v) is 12.1. The van der Waals surface area contributed by atoms with Crippen LogP contribution < -0.4 is 0 Å². The van der Waals surface area contributed by atoms with Crippen LogP contribution in [0.25, 0.3) is 110 Å². The van der Waals surface area contributed by atoms with Crippen LogP contribution in [0.3, 0.4) is 0 Å². The maximum Gasteiger partial charge on any atom is 0.0783 e. The number of fused-ring (bicyclic) bond motifs is 12. The molecule has 260 valence electrons. The lowest BCUT2D eigenvalue weighted by Gasteiger charge is -2.23. The monoisotopic (exact) mass is 712 g/mol. The van der Waals surface area contributed by atoms with Crippen molar-refractivity contribution in [2.45, 2.75) is 0 Å². The minimum atomic E-state index is 1.12. The first kappa shape index (κ1) is 29.8. The molecule has 56 heavy (non-hydrogen) atoms. The highest BCUT2D eigenvalue weighted by atomic mass is 15.1. The van der Waals surface area contributed by atoms with Crippen LogP contribution in [0.4, 0.5) is 0 Å². The Morgan fingerprint density at radius 2 is 0.786 bits per heavy atom. The summed E-state index contributed by atoms with van der Waals surface area (Å²) in [6.07, 6.45) is 0. The van der Waals surface area contributed by atoms with E-state index < -0.39 is 0 Å². The zero-order chi connectivity index (χ0) is 36.5. The molecule has 0 bridgehead atoms. The van der Waals surface area contributed by atoms with Crippen molar-refractivity contribution in [1.29, 1.82) is 0 Å². The van der Waals surface area contributed by atoms with Gasteiger partial charge in [0.25, 0.3) is 0 Å². The highest BCUT2D eigenvalue weighted by Gasteiger charge is 2.24. The van der Waals surface area contributed by atoms with E-state index in [0.29, 0.717) is 0 Å². The number of hydrogen-bond acceptors (Lipinski definition) is 0. The standard InChI is InChI=1S/C52H32N4/c1-3-14-33(15-4-1)35-17-11-20-37(30-35)54-44-25-10-9-24-43(44)53(36-18-5-2-6-19-36)48-31-42-40-23-13-27-46-51(40)55(47(42)32-49(48)54)45-26-12-22-39-41-29-28-34-16-7-8-21-38(34)50(41)56(46)52(39)45/h1-32H. The molecule has 4 aromatic heterocycles. The minimum Gasteiger partial charge on any atom is -0.306 e. The second-order valence-electron chi connectivity index (χ2n) is 15.0. The summed E-state index contributed by atoms with van der Waals surface area (Å²) in [5.74, 6) is 0. The van der Waals surface area contributed by atoms with Crippen LogP contribution in [-0.2, 0) is 0 Å². The van der Waals surface area contributed by atoms with E-state index in [9.17, 15) is 0 Å². The number of rotatable bonds is 3. The number of nitrogens with zero attached hydrogens (tertiary/aromatic N) is 4. The summed E-state index contributed by atoms with van der Waals surface area (Å²) in [4.78, 5) is 0. The molecule has 4 heteroatoms. The first-order chi connectivity index (χ1) is 27.8. The van der Waals surface area contributed by atoms with Gasteiger partial charge in [0.05, 0.1) is 55.2 Å². The fourth-order valence-corrected chi connectivity index (χ4v) is 9.78. The van der Waals surface area contributed by atoms with Crippen LogP contribution in [0.2, 0.25) is 0 Å². The molecule has 9 aromatic carbocycles. The zero-order valence-electron chi connectivity index (χ0n) is 30.3. The fraction of sp³-hybridized carbons (Fsp3) is 0. The average molecular weight is 713 g/mol. The van der Waals surface area contributed by atoms with Crippen molar-refractivity contribution < 1.29 is 0 Å². The molecule has 0 saturated carbocycles. The number of para-hydroxylation sites is 5. The normalized spacial score (nSPS) is 12.3. The first-order valence-corrected chi connectivity index (χ1v) is 19.3. The van der Waals surface area contributed by atoms with Gasteiger partial charge in [-0.2, -0.15) is 0 Å². The molecule has 0 aliphatic rings. The summed E-state index contributed by atoms with van der Waals surface area (Å²) in [5, 5.41) is 7.56. The molecule has 0 amide bonds. The molecule has 0 aliphatic carbocycles. The zero-order valence-corrected chi connectivity index (χ0v) is 30.3. The van der Waals surface area contributed by atoms with Crippen LogP contribution in [0, 0.1) is 0 Å². The number of hydrogen-bond donors (Lipinski definition) is 0. The largest absolute Gasteiger partial charge is 0.306 e. The molecule has 0 unspecified atom stereocenters. The lowest BCUT2D eigenvalue weighted by Crippen LogP contribution is -2.08. The van der Waals surface area contributed by atoms with E-state index in [4.69, 9.17) is 0 Å². The molecule has 4 nitrogen and oxygen atoms in total. The van der Waals surface area contributed by atoms with Gasteiger partial charge in [0.1, 0.15) is 0 Å². The lowest BCUT2D eigenvalue weighted by molar-refractivity contribution is 1.09. The molecule has 0 radical (unpaired) electrons. The van der Waals surface area contributed by atoms with Crippen molar-refractivity contribution in [2.75, 3.05) is 0 Å². The summed E-state index contributed by atoms with van der Waals surface area (Å²) < 4.78 is 9.99. The van der Waals surface area contributed by atoms with Crippen molar-refractivity contribution in [2.24, 2.45) is 0 Å². The summed E-state index contributed by atoms with van der Waals surface area (Å²) >= 11 is 0. The Bertz CT molecular complexity index is 3750. The lowest BCUT2D eigenvalue weighted by atomic mass is 10.0. The van der Waals surface area contributed by atoms with Crippen molar-refractivity contribution in [3.8, 4) is 22.5 Å². The SMILES string of the molecule is c1ccc(-c2cccc(-n3c4ccccc4n(-c4ccccc4)c4cc5c6cccc7c6n(c5cc43)c3cccc4c5ccc6ccccc6c5n7c43)c2)cc1. The molecule has 4 heterocycles. The van der Waals surface area contributed by atoms with Crippen molar-refractivity contribution >= 4 is 87.5 Å². The molecule has 0 atom stereocenters. The van der Waals surface area contributed by atoms with Crippen molar-refractivity contribution in [3.63, 3.8) is 0 Å². The van der Waals surface area contributed by atoms with E-state index in [1.54, 1.807) is 0 Å². The van der Waals surface area contributed by atoms with Gasteiger partial charge in [-0.1, -0.05) is 133 Å². The van der Waals surface area contributed by atoms with Gasteiger partial charge < -0.3 is 17.9 Å². The number of benzene rings is 9. The van der Waals surface area contributed by atoms with Crippen LogP contribution in [0.5, 0.6) is 0 Å². The predicted molar refractivity (Wildman–Crippen MR) is 235 cm³/mol. The van der Waals surface area contributed by atoms with E-state index in [1.807, 2.05) is 0 Å². The van der Waals surface area contributed by atoms with Gasteiger partial charge >= 0.3 is 0 Å². The molecule has 0 fully saturated rings. The minimum absolute atomic E-state index is 1.12. The van der Waals surface area contributed by atoms with Crippen molar-refractivity contribution in [1.82, 2.24) is 17.9 Å². The van der Waals surface area contributed by atoms with Gasteiger partial charge in [-0.15, -0.1) is 0 Å². The summed E-state index contributed by atoms with van der Waals surface area (Å²) in [6.45, 7) is 0. The smallest absolute Gasteiger partial charge is 0.0783 e. The maximum atomic E-state index is 2.54.